The van der Waals surface area contributed by atoms with E-state index in [0.29, 0.717) is 11.3 Å². The van der Waals surface area contributed by atoms with Gasteiger partial charge >= 0.3 is 5.97 Å². The molecule has 1 atom stereocenters. The maximum atomic E-state index is 12.3. The number of hydrogen-bond acceptors (Lipinski definition) is 4. The molecule has 0 saturated heterocycles. The second kappa shape index (κ2) is 8.87. The minimum atomic E-state index is -1.80. The zero-order valence-corrected chi connectivity index (χ0v) is 17.8. The Balaban J connectivity index is 2.82. The fourth-order valence-corrected chi connectivity index (χ4v) is 2.79. The number of ether oxygens (including phenoxy) is 1. The van der Waals surface area contributed by atoms with Gasteiger partial charge in [-0.1, -0.05) is 33.9 Å². The van der Waals surface area contributed by atoms with Crippen LogP contribution in [0.15, 0.2) is 24.3 Å². The highest BCUT2D eigenvalue weighted by Gasteiger charge is 2.33. The van der Waals surface area contributed by atoms with Gasteiger partial charge in [0, 0.05) is 18.9 Å². The van der Waals surface area contributed by atoms with Crippen LogP contribution in [-0.2, 0) is 9.59 Å². The van der Waals surface area contributed by atoms with E-state index in [-0.39, 0.29) is 11.5 Å². The summed E-state index contributed by atoms with van der Waals surface area (Å²) in [4.78, 5) is 35.0. The molecule has 7 heteroatoms. The normalized spacial score (nSPS) is 12.4. The molecule has 1 rings (SSSR count). The number of carbonyl (C=O) groups excluding carboxylic acids is 3. The molecule has 1 aromatic rings. The van der Waals surface area contributed by atoms with Crippen molar-refractivity contribution < 1.29 is 19.1 Å². The maximum Gasteiger partial charge on any atom is 0.308 e. The monoisotopic (exact) mass is 388 g/mol. The third-order valence-electron chi connectivity index (χ3n) is 4.61. The van der Waals surface area contributed by atoms with Crippen molar-refractivity contribution in [2.45, 2.75) is 58.3 Å². The van der Waals surface area contributed by atoms with Crippen molar-refractivity contribution in [2.24, 2.45) is 5.73 Å². The summed E-state index contributed by atoms with van der Waals surface area (Å²) in [6.07, 6.45) is 0.166. The van der Waals surface area contributed by atoms with Gasteiger partial charge in [-0.3, -0.25) is 14.4 Å². The van der Waals surface area contributed by atoms with Crippen molar-refractivity contribution in [3.63, 3.8) is 0 Å². The summed E-state index contributed by atoms with van der Waals surface area (Å²) in [5.74, 6) is 1.86. The van der Waals surface area contributed by atoms with Crippen molar-refractivity contribution in [1.82, 2.24) is 5.32 Å². The average Bonchev–Trinajstić information content (AvgIpc) is 2.52. The molecule has 0 aliphatic heterocycles. The minimum Gasteiger partial charge on any atom is -0.427 e. The molecular weight excluding hydrogens is 360 g/mol. The predicted molar refractivity (Wildman–Crippen MR) is 108 cm³/mol. The zero-order valence-electron chi connectivity index (χ0n) is 16.8. The molecule has 0 aromatic heterocycles. The van der Waals surface area contributed by atoms with E-state index < -0.39 is 31.9 Å². The Morgan fingerprint density at radius 1 is 1.19 bits per heavy atom. The van der Waals surface area contributed by atoms with Gasteiger partial charge < -0.3 is 15.8 Å². The molecule has 1 aromatic carbocycles. The van der Waals surface area contributed by atoms with Crippen LogP contribution < -0.4 is 15.8 Å². The molecule has 6 nitrogen and oxygen atoms in total. The number of benzene rings is 1. The number of hydrogen-bond donors (Lipinski definition) is 2. The van der Waals surface area contributed by atoms with E-state index in [1.807, 2.05) is 0 Å². The summed E-state index contributed by atoms with van der Waals surface area (Å²) in [5, 5.41) is 2.72. The van der Waals surface area contributed by atoms with Gasteiger partial charge in [-0.05, 0) is 29.3 Å². The fraction of sp³-hybridized carbons (Fsp3) is 0.450. The molecule has 0 aliphatic carbocycles. The lowest BCUT2D eigenvalue weighted by Crippen LogP contribution is -2.44. The maximum absolute atomic E-state index is 12.3. The largest absolute Gasteiger partial charge is 0.427 e. The van der Waals surface area contributed by atoms with Gasteiger partial charge in [-0.15, -0.1) is 11.5 Å². The number of esters is 1. The van der Waals surface area contributed by atoms with Crippen molar-refractivity contribution in [2.75, 3.05) is 0 Å². The summed E-state index contributed by atoms with van der Waals surface area (Å²) >= 11 is 0. The second-order valence-corrected chi connectivity index (χ2v) is 12.9. The molecule has 0 saturated carbocycles. The van der Waals surface area contributed by atoms with E-state index in [2.05, 4.69) is 50.6 Å². The first-order valence-electron chi connectivity index (χ1n) is 8.72. The SMILES string of the molecule is CC(=O)Oc1ccc(C(=O)N[C@H](CC#C[Si](C)(C)C(C)(C)C)C(N)=O)cc1. The van der Waals surface area contributed by atoms with E-state index in [1.165, 1.54) is 31.2 Å². The highest BCUT2D eigenvalue weighted by molar-refractivity contribution is 6.87. The van der Waals surface area contributed by atoms with Crippen LogP contribution in [0, 0.1) is 11.5 Å². The summed E-state index contributed by atoms with van der Waals surface area (Å²) in [7, 11) is -1.80. The van der Waals surface area contributed by atoms with Crippen LogP contribution in [0.1, 0.15) is 44.5 Å². The Kier molecular flexibility index (Phi) is 7.37. The zero-order chi connectivity index (χ0) is 20.8. The molecule has 27 heavy (non-hydrogen) atoms. The molecular formula is C20H28N2O4Si. The molecule has 0 unspecified atom stereocenters. The predicted octanol–water partition coefficient (Wildman–Crippen LogP) is 2.64. The smallest absolute Gasteiger partial charge is 0.308 e. The number of primary amides is 1. The highest BCUT2D eigenvalue weighted by atomic mass is 28.3. The van der Waals surface area contributed by atoms with Crippen molar-refractivity contribution in [3.8, 4) is 17.2 Å². The quantitative estimate of drug-likeness (QED) is 0.351. The van der Waals surface area contributed by atoms with Crippen LogP contribution in [0.4, 0.5) is 0 Å². The number of nitrogens with one attached hydrogen (secondary N) is 1. The van der Waals surface area contributed by atoms with Crippen molar-refractivity contribution in [3.05, 3.63) is 29.8 Å². The van der Waals surface area contributed by atoms with Gasteiger partial charge in [0.25, 0.3) is 5.91 Å². The Labute approximate surface area is 161 Å². The number of carbonyl (C=O) groups is 3. The van der Waals surface area contributed by atoms with Gasteiger partial charge in [-0.25, -0.2) is 0 Å². The summed E-state index contributed by atoms with van der Waals surface area (Å²) in [6.45, 7) is 12.1. The third kappa shape index (κ3) is 6.91. The summed E-state index contributed by atoms with van der Waals surface area (Å²) < 4.78 is 4.92. The van der Waals surface area contributed by atoms with Crippen LogP contribution in [-0.4, -0.2) is 31.9 Å². The third-order valence-corrected chi connectivity index (χ3v) is 9.16. The van der Waals surface area contributed by atoms with Gasteiger partial charge in [0.2, 0.25) is 5.91 Å². The number of nitrogens with two attached hydrogens (primary N) is 1. The van der Waals surface area contributed by atoms with Crippen LogP contribution in [0.25, 0.3) is 0 Å². The first kappa shape index (κ1) is 22.4. The lowest BCUT2D eigenvalue weighted by molar-refractivity contribution is -0.131. The Hall–Kier alpha value is -2.59. The topological polar surface area (TPSA) is 98.5 Å². The molecule has 0 aliphatic rings. The Bertz CT molecular complexity index is 768. The molecule has 2 amide bonds. The first-order valence-corrected chi connectivity index (χ1v) is 11.7. The van der Waals surface area contributed by atoms with Gasteiger partial charge in [-0.2, -0.15) is 0 Å². The molecule has 0 spiro atoms. The Morgan fingerprint density at radius 3 is 2.19 bits per heavy atom. The van der Waals surface area contributed by atoms with Crippen LogP contribution in [0.3, 0.4) is 0 Å². The van der Waals surface area contributed by atoms with Crippen molar-refractivity contribution >= 4 is 25.9 Å². The molecule has 146 valence electrons. The lowest BCUT2D eigenvalue weighted by Gasteiger charge is -2.31. The summed E-state index contributed by atoms with van der Waals surface area (Å²) in [6, 6.07) is 5.16. The van der Waals surface area contributed by atoms with Crippen LogP contribution in [0.5, 0.6) is 5.75 Å². The molecule has 0 bridgehead atoms. The number of amides is 2. The van der Waals surface area contributed by atoms with Gasteiger partial charge in [0.1, 0.15) is 19.9 Å². The van der Waals surface area contributed by atoms with Crippen molar-refractivity contribution in [1.29, 1.82) is 0 Å². The van der Waals surface area contributed by atoms with E-state index >= 15 is 0 Å². The van der Waals surface area contributed by atoms with E-state index in [9.17, 15) is 14.4 Å². The van der Waals surface area contributed by atoms with Gasteiger partial charge in [0.15, 0.2) is 0 Å². The van der Waals surface area contributed by atoms with E-state index in [1.54, 1.807) is 0 Å². The average molecular weight is 389 g/mol. The molecule has 0 fully saturated rings. The standard InChI is InChI=1S/C20H28N2O4Si/c1-14(23)26-16-11-9-15(10-12-16)19(25)22-17(18(21)24)8-7-13-27(5,6)20(2,3)4/h9-12,17H,8H2,1-6H3,(H2,21,24)(H,22,25)/t17-/m1/s1. The number of rotatable bonds is 5. The highest BCUT2D eigenvalue weighted by Crippen LogP contribution is 2.35. The van der Waals surface area contributed by atoms with E-state index in [4.69, 9.17) is 10.5 Å². The van der Waals surface area contributed by atoms with Gasteiger partial charge in [0.05, 0.1) is 0 Å². The molecule has 0 radical (unpaired) electrons. The lowest BCUT2D eigenvalue weighted by atomic mass is 10.1. The molecule has 0 heterocycles. The van der Waals surface area contributed by atoms with Crippen LogP contribution in [0.2, 0.25) is 18.1 Å². The van der Waals surface area contributed by atoms with E-state index in [0.717, 1.165) is 0 Å². The minimum absolute atomic E-state index is 0.106. The Morgan fingerprint density at radius 2 is 1.74 bits per heavy atom. The second-order valence-electron chi connectivity index (χ2n) is 7.93. The van der Waals surface area contributed by atoms with Crippen LogP contribution >= 0.6 is 0 Å². The molecule has 3 N–H and O–H groups in total. The summed E-state index contributed by atoms with van der Waals surface area (Å²) in [5.41, 5.74) is 9.04. The first-order chi connectivity index (χ1) is 12.3. The fourth-order valence-electron chi connectivity index (χ4n) is 1.87.